The van der Waals surface area contributed by atoms with Crippen molar-refractivity contribution in [2.24, 2.45) is 0 Å². The van der Waals surface area contributed by atoms with Crippen molar-refractivity contribution in [3.8, 4) is 5.75 Å². The molecule has 0 aliphatic carbocycles. The molecular formula is C21H23NO3S. The average Bonchev–Trinajstić information content (AvgIpc) is 2.60. The van der Waals surface area contributed by atoms with Crippen molar-refractivity contribution in [2.45, 2.75) is 31.6 Å². The Morgan fingerprint density at radius 3 is 2.31 bits per heavy atom. The van der Waals surface area contributed by atoms with Gasteiger partial charge < -0.3 is 4.74 Å². The minimum absolute atomic E-state index is 0.153. The van der Waals surface area contributed by atoms with E-state index in [4.69, 9.17) is 4.74 Å². The van der Waals surface area contributed by atoms with E-state index in [0.717, 1.165) is 16.3 Å². The first-order valence-corrected chi connectivity index (χ1v) is 10.0. The molecule has 0 radical (unpaired) electrons. The first-order valence-electron chi connectivity index (χ1n) is 8.52. The number of anilines is 1. The van der Waals surface area contributed by atoms with E-state index in [2.05, 4.69) is 4.72 Å². The molecule has 0 amide bonds. The molecule has 0 fully saturated rings. The van der Waals surface area contributed by atoms with E-state index in [1.165, 1.54) is 0 Å². The summed E-state index contributed by atoms with van der Waals surface area (Å²) in [4.78, 5) is 0.273. The van der Waals surface area contributed by atoms with Crippen LogP contribution in [0.2, 0.25) is 0 Å². The molecule has 0 spiro atoms. The molecule has 0 aromatic heterocycles. The van der Waals surface area contributed by atoms with Gasteiger partial charge in [0.25, 0.3) is 10.0 Å². The lowest BCUT2D eigenvalue weighted by molar-refractivity contribution is 0.406. The Bertz CT molecular complexity index is 1060. The Labute approximate surface area is 154 Å². The summed E-state index contributed by atoms with van der Waals surface area (Å²) in [6.07, 6.45) is 0. The van der Waals surface area contributed by atoms with Gasteiger partial charge in [-0.2, -0.15) is 0 Å². The largest absolute Gasteiger partial charge is 0.496 e. The summed E-state index contributed by atoms with van der Waals surface area (Å²) in [6, 6.07) is 16.9. The van der Waals surface area contributed by atoms with Crippen LogP contribution in [0.3, 0.4) is 0 Å². The van der Waals surface area contributed by atoms with Crippen LogP contribution in [-0.4, -0.2) is 15.5 Å². The lowest BCUT2D eigenvalue weighted by atomic mass is 10.0. The van der Waals surface area contributed by atoms with Gasteiger partial charge in [-0.05, 0) is 59.0 Å². The molecule has 26 heavy (non-hydrogen) atoms. The van der Waals surface area contributed by atoms with Crippen LogP contribution in [0, 0.1) is 6.92 Å². The standard InChI is InChI=1S/C21H23NO3S/c1-14(2)19-13-21(15(3)11-20(19)25-4)26(23,24)22-18-10-9-16-7-5-6-8-17(16)12-18/h5-14,22H,1-4H3. The molecule has 0 heterocycles. The fourth-order valence-corrected chi connectivity index (χ4v) is 4.37. The number of rotatable bonds is 5. The van der Waals surface area contributed by atoms with Crippen molar-refractivity contribution in [2.75, 3.05) is 11.8 Å². The van der Waals surface area contributed by atoms with Crippen molar-refractivity contribution in [1.82, 2.24) is 0 Å². The van der Waals surface area contributed by atoms with Crippen LogP contribution in [0.4, 0.5) is 5.69 Å². The number of hydrogen-bond donors (Lipinski definition) is 1. The number of aryl methyl sites for hydroxylation is 1. The number of methoxy groups -OCH3 is 1. The van der Waals surface area contributed by atoms with Crippen molar-refractivity contribution in [3.63, 3.8) is 0 Å². The van der Waals surface area contributed by atoms with Gasteiger partial charge in [-0.1, -0.05) is 44.2 Å². The average molecular weight is 369 g/mol. The van der Waals surface area contributed by atoms with E-state index in [-0.39, 0.29) is 10.8 Å². The van der Waals surface area contributed by atoms with Gasteiger partial charge in [0.15, 0.2) is 0 Å². The first-order chi connectivity index (χ1) is 12.3. The third-order valence-corrected chi connectivity index (χ3v) is 5.96. The zero-order valence-corrected chi connectivity index (χ0v) is 16.2. The molecule has 3 aromatic rings. The van der Waals surface area contributed by atoms with Crippen molar-refractivity contribution in [3.05, 3.63) is 65.7 Å². The van der Waals surface area contributed by atoms with Gasteiger partial charge in [-0.3, -0.25) is 4.72 Å². The van der Waals surface area contributed by atoms with Crippen LogP contribution >= 0.6 is 0 Å². The Morgan fingerprint density at radius 1 is 0.962 bits per heavy atom. The van der Waals surface area contributed by atoms with Crippen LogP contribution in [-0.2, 0) is 10.0 Å². The second-order valence-corrected chi connectivity index (χ2v) is 8.33. The van der Waals surface area contributed by atoms with Crippen LogP contribution < -0.4 is 9.46 Å². The van der Waals surface area contributed by atoms with Crippen LogP contribution in [0.5, 0.6) is 5.75 Å². The quantitative estimate of drug-likeness (QED) is 0.682. The molecule has 5 heteroatoms. The Hall–Kier alpha value is -2.53. The minimum atomic E-state index is -3.70. The van der Waals surface area contributed by atoms with Crippen molar-refractivity contribution in [1.29, 1.82) is 0 Å². The molecule has 1 N–H and O–H groups in total. The molecule has 0 aliphatic rings. The molecule has 0 unspecified atom stereocenters. The highest BCUT2D eigenvalue weighted by molar-refractivity contribution is 7.92. The zero-order valence-electron chi connectivity index (χ0n) is 15.4. The number of hydrogen-bond acceptors (Lipinski definition) is 3. The van der Waals surface area contributed by atoms with E-state index in [1.807, 2.05) is 50.2 Å². The SMILES string of the molecule is COc1cc(C)c(S(=O)(=O)Nc2ccc3ccccc3c2)cc1C(C)C. The fraction of sp³-hybridized carbons (Fsp3) is 0.238. The Morgan fingerprint density at radius 2 is 1.65 bits per heavy atom. The van der Waals surface area contributed by atoms with Crippen LogP contribution in [0.1, 0.15) is 30.9 Å². The monoisotopic (exact) mass is 369 g/mol. The third-order valence-electron chi connectivity index (χ3n) is 4.44. The summed E-state index contributed by atoms with van der Waals surface area (Å²) in [7, 11) is -2.10. The van der Waals surface area contributed by atoms with Gasteiger partial charge in [0.1, 0.15) is 5.75 Å². The predicted octanol–water partition coefficient (Wildman–Crippen LogP) is 5.08. The molecule has 0 aliphatic heterocycles. The van der Waals surface area contributed by atoms with Crippen molar-refractivity contribution >= 4 is 26.5 Å². The first kappa shape index (κ1) is 18.3. The summed E-state index contributed by atoms with van der Waals surface area (Å²) in [6.45, 7) is 5.81. The van der Waals surface area contributed by atoms with Gasteiger partial charge in [0.05, 0.1) is 12.0 Å². The summed E-state index contributed by atoms with van der Waals surface area (Å²) < 4.78 is 34.1. The molecule has 0 bridgehead atoms. The lowest BCUT2D eigenvalue weighted by Gasteiger charge is -2.17. The summed E-state index contributed by atoms with van der Waals surface area (Å²) in [5.41, 5.74) is 2.07. The Balaban J connectivity index is 2.03. The molecule has 136 valence electrons. The molecule has 3 aromatic carbocycles. The van der Waals surface area contributed by atoms with E-state index >= 15 is 0 Å². The summed E-state index contributed by atoms with van der Waals surface area (Å²) >= 11 is 0. The van der Waals surface area contributed by atoms with Gasteiger partial charge >= 0.3 is 0 Å². The second kappa shape index (κ2) is 7.00. The van der Waals surface area contributed by atoms with Gasteiger partial charge in [-0.15, -0.1) is 0 Å². The summed E-state index contributed by atoms with van der Waals surface area (Å²) in [5, 5.41) is 2.06. The van der Waals surface area contributed by atoms with Crippen molar-refractivity contribution < 1.29 is 13.2 Å². The van der Waals surface area contributed by atoms with Gasteiger partial charge in [-0.25, -0.2) is 8.42 Å². The number of nitrogens with one attached hydrogen (secondary N) is 1. The normalized spacial score (nSPS) is 11.7. The third kappa shape index (κ3) is 3.53. The molecule has 0 saturated heterocycles. The Kier molecular flexibility index (Phi) is 4.92. The minimum Gasteiger partial charge on any atom is -0.496 e. The number of sulfonamides is 1. The van der Waals surface area contributed by atoms with E-state index in [0.29, 0.717) is 17.0 Å². The maximum absolute atomic E-state index is 13.0. The molecule has 0 saturated carbocycles. The highest BCUT2D eigenvalue weighted by Gasteiger charge is 2.21. The number of ether oxygens (including phenoxy) is 1. The smallest absolute Gasteiger partial charge is 0.262 e. The topological polar surface area (TPSA) is 55.4 Å². The molecular weight excluding hydrogens is 346 g/mol. The zero-order chi connectivity index (χ0) is 18.9. The maximum Gasteiger partial charge on any atom is 0.262 e. The number of benzene rings is 3. The van der Waals surface area contributed by atoms with Crippen LogP contribution in [0.15, 0.2) is 59.5 Å². The highest BCUT2D eigenvalue weighted by Crippen LogP contribution is 2.32. The van der Waals surface area contributed by atoms with E-state index in [9.17, 15) is 8.42 Å². The molecule has 3 rings (SSSR count). The fourth-order valence-electron chi connectivity index (χ4n) is 3.06. The predicted molar refractivity (Wildman–Crippen MR) is 107 cm³/mol. The van der Waals surface area contributed by atoms with Crippen LogP contribution in [0.25, 0.3) is 10.8 Å². The highest BCUT2D eigenvalue weighted by atomic mass is 32.2. The second-order valence-electron chi connectivity index (χ2n) is 6.68. The molecule has 0 atom stereocenters. The van der Waals surface area contributed by atoms with E-state index in [1.54, 1.807) is 32.2 Å². The molecule has 4 nitrogen and oxygen atoms in total. The van der Waals surface area contributed by atoms with Gasteiger partial charge in [0.2, 0.25) is 0 Å². The lowest BCUT2D eigenvalue weighted by Crippen LogP contribution is -2.15. The number of fused-ring (bicyclic) bond motifs is 1. The maximum atomic E-state index is 13.0. The summed E-state index contributed by atoms with van der Waals surface area (Å²) in [5.74, 6) is 0.863. The van der Waals surface area contributed by atoms with E-state index < -0.39 is 10.0 Å². The van der Waals surface area contributed by atoms with Gasteiger partial charge in [0, 0.05) is 5.69 Å².